The maximum Gasteiger partial charge on any atom is 0.0558 e. The molecule has 0 bridgehead atoms. The molecule has 1 atom stereocenters. The highest BCUT2D eigenvalue weighted by molar-refractivity contribution is 4.87. The van der Waals surface area contributed by atoms with Gasteiger partial charge in [-0.1, -0.05) is 59.3 Å². The van der Waals surface area contributed by atoms with Gasteiger partial charge in [0.2, 0.25) is 0 Å². The highest BCUT2D eigenvalue weighted by atomic mass is 16.3. The molecule has 1 unspecified atom stereocenters. The minimum Gasteiger partial charge on any atom is -0.395 e. The third-order valence-corrected chi connectivity index (χ3v) is 5.14. The summed E-state index contributed by atoms with van der Waals surface area (Å²) in [5, 5.41) is 9.09. The van der Waals surface area contributed by atoms with Crippen molar-refractivity contribution < 1.29 is 5.11 Å². The van der Waals surface area contributed by atoms with Crippen molar-refractivity contribution in [1.82, 2.24) is 9.80 Å². The van der Waals surface area contributed by atoms with Crippen LogP contribution in [0.15, 0.2) is 0 Å². The summed E-state index contributed by atoms with van der Waals surface area (Å²) in [4.78, 5) is 5.11. The molecule has 1 N–H and O–H groups in total. The van der Waals surface area contributed by atoms with Crippen LogP contribution >= 0.6 is 0 Å². The molecular weight excluding hydrogens is 272 g/mol. The Hall–Kier alpha value is -0.120. The number of hydrogen-bond donors (Lipinski definition) is 1. The fraction of sp³-hybridized carbons (Fsp3) is 1.00. The molecule has 1 rings (SSSR count). The van der Waals surface area contributed by atoms with E-state index in [1.165, 1.54) is 71.0 Å². The van der Waals surface area contributed by atoms with E-state index in [0.29, 0.717) is 6.61 Å². The SMILES string of the molecule is CCCCCCCC(CCC)N1CC(CN(CC)CCO)C1. The first-order valence-electron chi connectivity index (χ1n) is 9.82. The Morgan fingerprint density at radius 2 is 1.73 bits per heavy atom. The number of likely N-dealkylation sites (tertiary alicyclic amines) is 1. The molecule has 1 heterocycles. The van der Waals surface area contributed by atoms with Gasteiger partial charge in [0.1, 0.15) is 0 Å². The minimum absolute atomic E-state index is 0.292. The molecule has 0 aromatic rings. The molecule has 22 heavy (non-hydrogen) atoms. The molecule has 1 saturated heterocycles. The van der Waals surface area contributed by atoms with E-state index in [2.05, 4.69) is 30.6 Å². The van der Waals surface area contributed by atoms with Gasteiger partial charge in [-0.25, -0.2) is 0 Å². The maximum atomic E-state index is 9.09. The van der Waals surface area contributed by atoms with Crippen LogP contribution in [0.2, 0.25) is 0 Å². The average molecular weight is 313 g/mol. The first-order valence-corrected chi connectivity index (χ1v) is 9.82. The molecule has 1 aliphatic heterocycles. The van der Waals surface area contributed by atoms with Crippen molar-refractivity contribution in [2.24, 2.45) is 5.92 Å². The Morgan fingerprint density at radius 1 is 1.00 bits per heavy atom. The number of unbranched alkanes of at least 4 members (excludes halogenated alkanes) is 4. The summed E-state index contributed by atoms with van der Waals surface area (Å²) in [7, 11) is 0. The van der Waals surface area contributed by atoms with Crippen molar-refractivity contribution >= 4 is 0 Å². The lowest BCUT2D eigenvalue weighted by Crippen LogP contribution is -2.55. The molecule has 0 spiro atoms. The van der Waals surface area contributed by atoms with Gasteiger partial charge in [-0.05, 0) is 25.3 Å². The van der Waals surface area contributed by atoms with Crippen LogP contribution in [0.1, 0.15) is 72.1 Å². The molecule has 0 amide bonds. The molecule has 132 valence electrons. The quantitative estimate of drug-likeness (QED) is 0.495. The summed E-state index contributed by atoms with van der Waals surface area (Å²) in [6, 6.07) is 0.829. The number of aliphatic hydroxyl groups excluding tert-OH is 1. The first kappa shape index (κ1) is 19.9. The van der Waals surface area contributed by atoms with Crippen molar-refractivity contribution in [3.63, 3.8) is 0 Å². The summed E-state index contributed by atoms with van der Waals surface area (Å²) in [5.41, 5.74) is 0. The van der Waals surface area contributed by atoms with Crippen molar-refractivity contribution in [1.29, 1.82) is 0 Å². The summed E-state index contributed by atoms with van der Waals surface area (Å²) in [6.07, 6.45) is 11.1. The molecule has 0 saturated carbocycles. The van der Waals surface area contributed by atoms with Crippen molar-refractivity contribution in [2.75, 3.05) is 39.3 Å². The molecule has 3 heteroatoms. The van der Waals surface area contributed by atoms with Gasteiger partial charge in [-0.15, -0.1) is 0 Å². The average Bonchev–Trinajstić information content (AvgIpc) is 2.48. The highest BCUT2D eigenvalue weighted by Gasteiger charge is 2.32. The zero-order valence-corrected chi connectivity index (χ0v) is 15.4. The fourth-order valence-corrected chi connectivity index (χ4v) is 3.73. The predicted molar refractivity (Wildman–Crippen MR) is 96.3 cm³/mol. The van der Waals surface area contributed by atoms with E-state index in [1.807, 2.05) is 0 Å². The zero-order chi connectivity index (χ0) is 16.2. The van der Waals surface area contributed by atoms with E-state index < -0.39 is 0 Å². The fourth-order valence-electron chi connectivity index (χ4n) is 3.73. The van der Waals surface area contributed by atoms with Crippen LogP contribution in [0, 0.1) is 5.92 Å². The normalized spacial score (nSPS) is 17.9. The molecular formula is C19H40N2O. The van der Waals surface area contributed by atoms with Gasteiger partial charge >= 0.3 is 0 Å². The van der Waals surface area contributed by atoms with Crippen molar-refractivity contribution in [2.45, 2.75) is 78.2 Å². The molecule has 1 aliphatic rings. The monoisotopic (exact) mass is 312 g/mol. The van der Waals surface area contributed by atoms with Crippen molar-refractivity contribution in [3.05, 3.63) is 0 Å². The highest BCUT2D eigenvalue weighted by Crippen LogP contribution is 2.25. The number of nitrogens with zero attached hydrogens (tertiary/aromatic N) is 2. The molecule has 0 aliphatic carbocycles. The third-order valence-electron chi connectivity index (χ3n) is 5.14. The van der Waals surface area contributed by atoms with Crippen molar-refractivity contribution in [3.8, 4) is 0 Å². The summed E-state index contributed by atoms with van der Waals surface area (Å²) < 4.78 is 0. The van der Waals surface area contributed by atoms with Crippen LogP contribution in [0.3, 0.4) is 0 Å². The largest absolute Gasteiger partial charge is 0.395 e. The number of hydrogen-bond acceptors (Lipinski definition) is 3. The lowest BCUT2D eigenvalue weighted by molar-refractivity contribution is 0.0210. The summed E-state index contributed by atoms with van der Waals surface area (Å²) in [5.74, 6) is 0.825. The lowest BCUT2D eigenvalue weighted by Gasteiger charge is -2.46. The van der Waals surface area contributed by atoms with Crippen LogP contribution in [-0.2, 0) is 0 Å². The van der Waals surface area contributed by atoms with E-state index in [9.17, 15) is 0 Å². The van der Waals surface area contributed by atoms with E-state index in [4.69, 9.17) is 5.11 Å². The molecule has 1 fully saturated rings. The number of rotatable bonds is 14. The number of likely N-dealkylation sites (N-methyl/N-ethyl adjacent to an activating group) is 1. The smallest absolute Gasteiger partial charge is 0.0558 e. The summed E-state index contributed by atoms with van der Waals surface area (Å²) >= 11 is 0. The minimum atomic E-state index is 0.292. The molecule has 0 aromatic carbocycles. The standard InChI is InChI=1S/C19H40N2O/c1-4-7-8-9-10-12-19(11-5-2)21-16-18(17-21)15-20(6-3)13-14-22/h18-19,22H,4-17H2,1-3H3. The van der Waals surface area contributed by atoms with Gasteiger partial charge in [-0.3, -0.25) is 4.90 Å². The van der Waals surface area contributed by atoms with E-state index >= 15 is 0 Å². The molecule has 0 radical (unpaired) electrons. The van der Waals surface area contributed by atoms with Gasteiger partial charge < -0.3 is 10.0 Å². The van der Waals surface area contributed by atoms with Crippen LogP contribution in [-0.4, -0.2) is 60.3 Å². The molecule has 0 aromatic heterocycles. The zero-order valence-electron chi connectivity index (χ0n) is 15.4. The Kier molecular flexibility index (Phi) is 11.2. The van der Waals surface area contributed by atoms with Crippen LogP contribution < -0.4 is 0 Å². The van der Waals surface area contributed by atoms with Gasteiger partial charge in [0.15, 0.2) is 0 Å². The first-order chi connectivity index (χ1) is 10.7. The van der Waals surface area contributed by atoms with Gasteiger partial charge in [0.05, 0.1) is 6.61 Å². The Morgan fingerprint density at radius 3 is 2.32 bits per heavy atom. The Balaban J connectivity index is 2.21. The number of aliphatic hydroxyl groups is 1. The predicted octanol–water partition coefficient (Wildman–Crippen LogP) is 3.76. The van der Waals surface area contributed by atoms with Gasteiger partial charge in [-0.2, -0.15) is 0 Å². The Labute approximate surface area is 139 Å². The van der Waals surface area contributed by atoms with Crippen LogP contribution in [0.25, 0.3) is 0 Å². The second-order valence-corrected chi connectivity index (χ2v) is 7.08. The van der Waals surface area contributed by atoms with E-state index in [1.54, 1.807) is 0 Å². The van der Waals surface area contributed by atoms with E-state index in [-0.39, 0.29) is 0 Å². The summed E-state index contributed by atoms with van der Waals surface area (Å²) in [6.45, 7) is 12.7. The third kappa shape index (κ3) is 7.43. The lowest BCUT2D eigenvalue weighted by atomic mass is 9.92. The van der Waals surface area contributed by atoms with Crippen LogP contribution in [0.5, 0.6) is 0 Å². The van der Waals surface area contributed by atoms with Crippen LogP contribution in [0.4, 0.5) is 0 Å². The van der Waals surface area contributed by atoms with Gasteiger partial charge in [0.25, 0.3) is 0 Å². The topological polar surface area (TPSA) is 26.7 Å². The second kappa shape index (κ2) is 12.3. The second-order valence-electron chi connectivity index (χ2n) is 7.08. The van der Waals surface area contributed by atoms with E-state index in [0.717, 1.165) is 25.0 Å². The maximum absolute atomic E-state index is 9.09. The molecule has 3 nitrogen and oxygen atoms in total. The van der Waals surface area contributed by atoms with Gasteiger partial charge in [0, 0.05) is 32.2 Å². The Bertz CT molecular complexity index is 254.